The van der Waals surface area contributed by atoms with Crippen LogP contribution in [0, 0.1) is 13.8 Å². The number of nitrogens with one attached hydrogen (secondary N) is 1. The first-order valence-electron chi connectivity index (χ1n) is 15.1. The molecule has 230 valence electrons. The molecule has 0 saturated carbocycles. The van der Waals surface area contributed by atoms with Crippen LogP contribution in [0.3, 0.4) is 0 Å². The number of amides is 4. The van der Waals surface area contributed by atoms with Gasteiger partial charge in [0.1, 0.15) is 11.8 Å². The number of aliphatic carboxylic acids is 1. The van der Waals surface area contributed by atoms with E-state index in [-0.39, 0.29) is 30.8 Å². The van der Waals surface area contributed by atoms with Crippen LogP contribution in [0.2, 0.25) is 0 Å². The number of piperidine rings is 2. The number of benzene rings is 2. The fourth-order valence-corrected chi connectivity index (χ4v) is 6.49. The summed E-state index contributed by atoms with van der Waals surface area (Å²) >= 11 is 0. The number of anilines is 1. The Kier molecular flexibility index (Phi) is 9.08. The van der Waals surface area contributed by atoms with Crippen molar-refractivity contribution in [3.8, 4) is 5.75 Å². The van der Waals surface area contributed by atoms with Gasteiger partial charge in [-0.1, -0.05) is 30.3 Å². The fourth-order valence-electron chi connectivity index (χ4n) is 6.49. The third-order valence-electron chi connectivity index (χ3n) is 8.87. The van der Waals surface area contributed by atoms with Crippen molar-refractivity contribution in [2.75, 3.05) is 31.5 Å². The zero-order valence-electron chi connectivity index (χ0n) is 24.8. The summed E-state index contributed by atoms with van der Waals surface area (Å²) in [5.41, 5.74) is 3.89. The van der Waals surface area contributed by atoms with Crippen molar-refractivity contribution in [1.82, 2.24) is 14.7 Å². The molecule has 3 aliphatic heterocycles. The van der Waals surface area contributed by atoms with Crippen LogP contribution in [-0.4, -0.2) is 93.3 Å². The summed E-state index contributed by atoms with van der Waals surface area (Å²) in [5.74, 6) is -1.44. The van der Waals surface area contributed by atoms with Crippen molar-refractivity contribution in [2.24, 2.45) is 0 Å². The third kappa shape index (κ3) is 6.71. The number of fused-ring (bicyclic) bond motifs is 1. The molecule has 2 fully saturated rings. The van der Waals surface area contributed by atoms with Crippen molar-refractivity contribution >= 4 is 29.7 Å². The molecule has 0 radical (unpaired) electrons. The van der Waals surface area contributed by atoms with Gasteiger partial charge in [0, 0.05) is 44.3 Å². The minimum absolute atomic E-state index is 0.0385. The van der Waals surface area contributed by atoms with Crippen molar-refractivity contribution in [3.05, 3.63) is 58.7 Å². The van der Waals surface area contributed by atoms with Crippen LogP contribution in [0.4, 0.5) is 15.3 Å². The molecule has 3 N–H and O–H groups in total. The molecule has 11 nitrogen and oxygen atoms in total. The number of hydrogen-bond donors (Lipinski definition) is 3. The summed E-state index contributed by atoms with van der Waals surface area (Å²) in [4.78, 5) is 56.8. The van der Waals surface area contributed by atoms with E-state index in [1.807, 2.05) is 29.2 Å². The number of aryl methyl sites for hydroxylation is 2. The number of ether oxygens (including phenoxy) is 1. The van der Waals surface area contributed by atoms with Gasteiger partial charge in [-0.2, -0.15) is 0 Å². The Labute approximate surface area is 251 Å². The van der Waals surface area contributed by atoms with E-state index in [9.17, 15) is 29.4 Å². The first kappa shape index (κ1) is 30.2. The van der Waals surface area contributed by atoms with Gasteiger partial charge in [0.15, 0.2) is 6.10 Å². The number of rotatable bonds is 6. The molecule has 2 atom stereocenters. The van der Waals surface area contributed by atoms with Gasteiger partial charge in [-0.25, -0.2) is 14.4 Å². The highest BCUT2D eigenvalue weighted by Crippen LogP contribution is 2.27. The van der Waals surface area contributed by atoms with Gasteiger partial charge in [-0.3, -0.25) is 4.79 Å². The van der Waals surface area contributed by atoms with Crippen LogP contribution in [0.1, 0.15) is 54.4 Å². The van der Waals surface area contributed by atoms with Crippen LogP contribution >= 0.6 is 0 Å². The number of carboxylic acids is 1. The number of nitrogens with zero attached hydrogens (tertiary/aromatic N) is 3. The lowest BCUT2D eigenvalue weighted by atomic mass is 9.98. The number of carboxylic acid groups (broad SMARTS) is 1. The Bertz CT molecular complexity index is 1360. The SMILES string of the molecule is Cc1cc(C[C@@H](OC(=O)N2CCC(N3CCc4ccccc4NC3=O)CC2)C(=O)N2CCCCC2C(=O)O)cc(C)c1O. The second-order valence-electron chi connectivity index (χ2n) is 11.8. The summed E-state index contributed by atoms with van der Waals surface area (Å²) in [7, 11) is 0. The molecule has 11 heteroatoms. The number of para-hydroxylation sites is 1. The summed E-state index contributed by atoms with van der Waals surface area (Å²) in [6.07, 6.45) is 1.81. The molecule has 1 unspecified atom stereocenters. The van der Waals surface area contributed by atoms with E-state index in [0.29, 0.717) is 68.4 Å². The van der Waals surface area contributed by atoms with E-state index in [1.54, 1.807) is 30.9 Å². The molecule has 0 spiro atoms. The minimum atomic E-state index is -1.22. The Morgan fingerprint density at radius 1 is 1.00 bits per heavy atom. The number of hydrogen-bond acceptors (Lipinski definition) is 6. The molecule has 0 aliphatic carbocycles. The summed E-state index contributed by atoms with van der Waals surface area (Å²) in [6, 6.07) is 10.1. The van der Waals surface area contributed by atoms with Gasteiger partial charge in [-0.15, -0.1) is 0 Å². The van der Waals surface area contributed by atoms with Gasteiger partial charge in [0.2, 0.25) is 0 Å². The molecule has 0 aromatic heterocycles. The normalized spacial score (nSPS) is 20.1. The second kappa shape index (κ2) is 12.9. The summed E-state index contributed by atoms with van der Waals surface area (Å²) in [6.45, 7) is 5.10. The zero-order chi connectivity index (χ0) is 30.7. The number of carbonyl (C=O) groups is 4. The lowest BCUT2D eigenvalue weighted by Crippen LogP contribution is -2.54. The summed E-state index contributed by atoms with van der Waals surface area (Å²) in [5, 5.41) is 23.0. The zero-order valence-corrected chi connectivity index (χ0v) is 24.8. The Morgan fingerprint density at radius 3 is 2.40 bits per heavy atom. The van der Waals surface area contributed by atoms with Crippen LogP contribution in [0.25, 0.3) is 0 Å². The molecule has 3 heterocycles. The topological polar surface area (TPSA) is 140 Å². The van der Waals surface area contributed by atoms with E-state index in [4.69, 9.17) is 4.74 Å². The smallest absolute Gasteiger partial charge is 0.410 e. The quantitative estimate of drug-likeness (QED) is 0.459. The highest BCUT2D eigenvalue weighted by molar-refractivity contribution is 5.91. The molecule has 5 rings (SSSR count). The van der Waals surface area contributed by atoms with Gasteiger partial charge >= 0.3 is 18.1 Å². The Morgan fingerprint density at radius 2 is 1.70 bits per heavy atom. The summed E-state index contributed by atoms with van der Waals surface area (Å²) < 4.78 is 5.86. The number of aromatic hydroxyl groups is 1. The molecular weight excluding hydrogens is 552 g/mol. The molecular formula is C32H40N4O7. The largest absolute Gasteiger partial charge is 0.507 e. The van der Waals surface area contributed by atoms with Crippen LogP contribution < -0.4 is 5.32 Å². The average Bonchev–Trinajstić information content (AvgIpc) is 3.17. The number of phenolic OH excluding ortho intramolecular Hbond substituents is 1. The predicted molar refractivity (Wildman–Crippen MR) is 159 cm³/mol. The van der Waals surface area contributed by atoms with Crippen molar-refractivity contribution in [1.29, 1.82) is 0 Å². The molecule has 43 heavy (non-hydrogen) atoms. The van der Waals surface area contributed by atoms with Crippen LogP contribution in [0.5, 0.6) is 5.75 Å². The fraction of sp³-hybridized carbons (Fsp3) is 0.500. The number of carbonyl (C=O) groups excluding carboxylic acids is 3. The first-order valence-corrected chi connectivity index (χ1v) is 15.1. The molecule has 0 bridgehead atoms. The van der Waals surface area contributed by atoms with Crippen molar-refractivity contribution in [3.63, 3.8) is 0 Å². The van der Waals surface area contributed by atoms with Crippen molar-refractivity contribution < 1.29 is 34.1 Å². The Hall–Kier alpha value is -4.28. The van der Waals surface area contributed by atoms with E-state index >= 15 is 0 Å². The predicted octanol–water partition coefficient (Wildman–Crippen LogP) is 4.08. The van der Waals surface area contributed by atoms with Gasteiger partial charge in [-0.05, 0) is 80.7 Å². The van der Waals surface area contributed by atoms with Gasteiger partial charge in [0.25, 0.3) is 5.91 Å². The number of urea groups is 1. The number of phenols is 1. The molecule has 2 aromatic rings. The lowest BCUT2D eigenvalue weighted by Gasteiger charge is -2.38. The first-order chi connectivity index (χ1) is 20.6. The molecule has 2 aromatic carbocycles. The van der Waals surface area contributed by atoms with Crippen LogP contribution in [0.15, 0.2) is 36.4 Å². The maximum Gasteiger partial charge on any atom is 0.410 e. The molecule has 3 aliphatic rings. The van der Waals surface area contributed by atoms with E-state index in [0.717, 1.165) is 17.7 Å². The maximum absolute atomic E-state index is 13.8. The molecule has 2 saturated heterocycles. The monoisotopic (exact) mass is 592 g/mol. The van der Waals surface area contributed by atoms with E-state index in [2.05, 4.69) is 5.32 Å². The average molecular weight is 593 g/mol. The van der Waals surface area contributed by atoms with Gasteiger partial charge < -0.3 is 35.0 Å². The molecule has 4 amide bonds. The maximum atomic E-state index is 13.8. The third-order valence-corrected chi connectivity index (χ3v) is 8.87. The Balaban J connectivity index is 1.27. The van der Waals surface area contributed by atoms with Crippen LogP contribution in [-0.2, 0) is 27.2 Å². The second-order valence-corrected chi connectivity index (χ2v) is 11.8. The number of likely N-dealkylation sites (tertiary alicyclic amines) is 2. The lowest BCUT2D eigenvalue weighted by molar-refractivity contribution is -0.156. The van der Waals surface area contributed by atoms with Crippen molar-refractivity contribution in [2.45, 2.75) is 77.0 Å². The van der Waals surface area contributed by atoms with Gasteiger partial charge in [0.05, 0.1) is 0 Å². The van der Waals surface area contributed by atoms with E-state index in [1.165, 1.54) is 4.90 Å². The minimum Gasteiger partial charge on any atom is -0.507 e. The highest BCUT2D eigenvalue weighted by atomic mass is 16.6. The standard InChI is InChI=1S/C32H40N4O7/c1-20-17-22(18-21(2)28(20)37)19-27(29(38)36-13-6-5-9-26(36)30(39)40)43-32(42)34-14-11-24(12-15-34)35-16-10-23-7-3-4-8-25(23)33-31(35)41/h3-4,7-8,17-18,24,26-27,37H,5-6,9-16,19H2,1-2H3,(H,33,41)(H,39,40)/t26?,27-/m1/s1. The highest BCUT2D eigenvalue weighted by Gasteiger charge is 2.39. The van der Waals surface area contributed by atoms with E-state index < -0.39 is 30.1 Å².